The number of ether oxygens (including phenoxy) is 1. The van der Waals surface area contributed by atoms with Crippen LogP contribution in [-0.4, -0.2) is 49.2 Å². The monoisotopic (exact) mass is 559 g/mol. The zero-order chi connectivity index (χ0) is 29.0. The van der Waals surface area contributed by atoms with Gasteiger partial charge in [-0.15, -0.1) is 0 Å². The number of rotatable bonds is 4. The van der Waals surface area contributed by atoms with Crippen molar-refractivity contribution >= 4 is 11.9 Å². The summed E-state index contributed by atoms with van der Waals surface area (Å²) in [6, 6.07) is 4.37. The minimum absolute atomic E-state index is 0.0532. The predicted octanol–water partition coefficient (Wildman–Crippen LogP) is 5.37. The Morgan fingerprint density at radius 2 is 1.98 bits per heavy atom. The van der Waals surface area contributed by atoms with Crippen LogP contribution in [0.15, 0.2) is 30.6 Å². The molecule has 0 radical (unpaired) electrons. The molecule has 40 heavy (non-hydrogen) atoms. The van der Waals surface area contributed by atoms with E-state index in [0.717, 1.165) is 31.4 Å². The second-order valence-corrected chi connectivity index (χ2v) is 11.7. The lowest BCUT2D eigenvalue weighted by Crippen LogP contribution is -2.43. The summed E-state index contributed by atoms with van der Waals surface area (Å²) < 4.78 is 61.5. The third-order valence-electron chi connectivity index (χ3n) is 7.37. The Morgan fingerprint density at radius 1 is 1.25 bits per heavy atom. The fraction of sp³-hybridized carbons (Fsp3) is 0.481. The topological polar surface area (TPSA) is 115 Å². The molecule has 1 spiro atoms. The van der Waals surface area contributed by atoms with Crippen molar-refractivity contribution in [3.05, 3.63) is 53.1 Å². The van der Waals surface area contributed by atoms with E-state index in [4.69, 9.17) is 10.5 Å². The maximum atomic E-state index is 13.8. The number of nitrogens with two attached hydrogens (primary N) is 1. The Balaban J connectivity index is 1.30. The molecule has 13 heteroatoms. The summed E-state index contributed by atoms with van der Waals surface area (Å²) in [4.78, 5) is 14.2. The largest absolute Gasteiger partial charge is 0.444 e. The lowest BCUT2D eigenvalue weighted by Gasteiger charge is -2.45. The van der Waals surface area contributed by atoms with Gasteiger partial charge < -0.3 is 15.4 Å². The van der Waals surface area contributed by atoms with Crippen molar-refractivity contribution in [2.75, 3.05) is 18.8 Å². The molecule has 1 saturated carbocycles. The number of amides is 1. The fourth-order valence-electron chi connectivity index (χ4n) is 5.57. The van der Waals surface area contributed by atoms with Crippen LogP contribution in [0.1, 0.15) is 62.8 Å². The van der Waals surface area contributed by atoms with Gasteiger partial charge >= 0.3 is 12.3 Å². The van der Waals surface area contributed by atoms with E-state index in [1.165, 1.54) is 17.1 Å². The molecule has 1 aromatic carbocycles. The fourth-order valence-corrected chi connectivity index (χ4v) is 5.57. The first-order valence-corrected chi connectivity index (χ1v) is 12.8. The van der Waals surface area contributed by atoms with Crippen LogP contribution < -0.4 is 5.73 Å². The Bertz CT molecular complexity index is 1490. The van der Waals surface area contributed by atoms with Gasteiger partial charge in [0, 0.05) is 24.8 Å². The van der Waals surface area contributed by atoms with Crippen molar-refractivity contribution in [2.45, 2.75) is 64.4 Å². The Labute approximate surface area is 228 Å². The molecule has 9 nitrogen and oxygen atoms in total. The molecular weight excluding hydrogens is 530 g/mol. The molecule has 1 amide bonds. The first kappa shape index (κ1) is 27.5. The van der Waals surface area contributed by atoms with E-state index in [0.29, 0.717) is 30.4 Å². The van der Waals surface area contributed by atoms with E-state index in [9.17, 15) is 27.6 Å². The zero-order valence-electron chi connectivity index (χ0n) is 22.3. The lowest BCUT2D eigenvalue weighted by molar-refractivity contribution is -0.137. The van der Waals surface area contributed by atoms with E-state index in [2.05, 4.69) is 16.3 Å². The van der Waals surface area contributed by atoms with E-state index < -0.39 is 23.2 Å². The molecule has 2 fully saturated rings. The summed E-state index contributed by atoms with van der Waals surface area (Å²) in [5.41, 5.74) is 5.64. The molecule has 0 atom stereocenters. The van der Waals surface area contributed by atoms with Gasteiger partial charge in [0.1, 0.15) is 34.6 Å². The molecule has 3 aromatic rings. The molecule has 2 aromatic heterocycles. The number of carbonyl (C=O) groups is 1. The molecular formula is C27H29F4N7O2. The number of benzene rings is 1. The number of aromatic nitrogens is 4. The minimum Gasteiger partial charge on any atom is -0.444 e. The van der Waals surface area contributed by atoms with Gasteiger partial charge in [0.25, 0.3) is 0 Å². The smallest absolute Gasteiger partial charge is 0.416 e. The maximum absolute atomic E-state index is 13.8. The number of carbonyl (C=O) groups excluding carboxylic acids is 1. The SMILES string of the molecule is CC(C)(C)OC(=O)N1CC[C@]2(C1)C[C@H](n1nc(-c3cnn(Cc4cc(F)cc(C(F)(F)F)c4)c3)c(C#N)c1N)C2. The van der Waals surface area contributed by atoms with Gasteiger partial charge in [-0.1, -0.05) is 0 Å². The van der Waals surface area contributed by atoms with E-state index in [1.807, 2.05) is 20.8 Å². The molecule has 1 aliphatic carbocycles. The number of alkyl halides is 3. The third-order valence-corrected chi connectivity index (χ3v) is 7.37. The highest BCUT2D eigenvalue weighted by Gasteiger charge is 2.51. The number of nitriles is 1. The van der Waals surface area contributed by atoms with Crippen molar-refractivity contribution in [3.8, 4) is 17.3 Å². The van der Waals surface area contributed by atoms with Gasteiger partial charge in [-0.05, 0) is 69.2 Å². The molecule has 2 aliphatic rings. The summed E-state index contributed by atoms with van der Waals surface area (Å²) in [5.74, 6) is -0.780. The van der Waals surface area contributed by atoms with Crippen LogP contribution in [0.3, 0.4) is 0 Å². The van der Waals surface area contributed by atoms with Gasteiger partial charge in [-0.2, -0.15) is 28.6 Å². The number of nitrogens with zero attached hydrogens (tertiary/aromatic N) is 6. The summed E-state index contributed by atoms with van der Waals surface area (Å²) in [6.45, 7) is 6.57. The van der Waals surface area contributed by atoms with Gasteiger partial charge in [0.2, 0.25) is 0 Å². The Hall–Kier alpha value is -4.08. The molecule has 212 valence electrons. The van der Waals surface area contributed by atoms with Gasteiger partial charge in [0.15, 0.2) is 0 Å². The van der Waals surface area contributed by atoms with Crippen LogP contribution >= 0.6 is 0 Å². The Kier molecular flexibility index (Phi) is 6.55. The summed E-state index contributed by atoms with van der Waals surface area (Å²) in [7, 11) is 0. The maximum Gasteiger partial charge on any atom is 0.416 e. The molecule has 0 unspecified atom stereocenters. The molecule has 5 rings (SSSR count). The second kappa shape index (κ2) is 9.53. The van der Waals surface area contributed by atoms with Crippen molar-refractivity contribution in [1.29, 1.82) is 5.26 Å². The highest BCUT2D eigenvalue weighted by Crippen LogP contribution is 2.55. The number of halogens is 4. The number of likely N-dealkylation sites (tertiary alicyclic amines) is 1. The minimum atomic E-state index is -4.68. The van der Waals surface area contributed by atoms with Crippen molar-refractivity contribution < 1.29 is 27.1 Å². The number of nitrogen functional groups attached to an aromatic ring is 1. The normalized spacial score (nSPS) is 20.9. The lowest BCUT2D eigenvalue weighted by atomic mass is 9.65. The van der Waals surface area contributed by atoms with E-state index in [1.54, 1.807) is 9.58 Å². The average molecular weight is 560 g/mol. The summed E-state index contributed by atoms with van der Waals surface area (Å²) >= 11 is 0. The second-order valence-electron chi connectivity index (χ2n) is 11.7. The van der Waals surface area contributed by atoms with Crippen LogP contribution in [0.25, 0.3) is 11.3 Å². The van der Waals surface area contributed by atoms with Crippen molar-refractivity contribution in [1.82, 2.24) is 24.5 Å². The zero-order valence-corrected chi connectivity index (χ0v) is 22.3. The number of hydrogen-bond donors (Lipinski definition) is 1. The standard InChI is InChI=1S/C27H29F4N7O2/c1-25(2,3)40-24(39)36-5-4-26(15-36)9-20(10-26)38-23(33)21(11-32)22(35-38)17-12-34-37(14-17)13-16-6-18(27(29,30)31)8-19(28)7-16/h6-8,12,14,20H,4-5,9-10,13,15,33H2,1-3H3/t20-,26-. The van der Waals surface area contributed by atoms with Crippen LogP contribution in [0, 0.1) is 22.6 Å². The Morgan fingerprint density at radius 3 is 2.62 bits per heavy atom. The summed E-state index contributed by atoms with van der Waals surface area (Å²) in [5, 5.41) is 18.6. The van der Waals surface area contributed by atoms with Gasteiger partial charge in [0.05, 0.1) is 24.3 Å². The van der Waals surface area contributed by atoms with Gasteiger partial charge in [-0.25, -0.2) is 13.9 Å². The molecule has 0 bridgehead atoms. The molecule has 1 aliphatic heterocycles. The number of hydrogen-bond acceptors (Lipinski definition) is 6. The average Bonchev–Trinajstić information content (AvgIpc) is 3.53. The van der Waals surface area contributed by atoms with E-state index >= 15 is 0 Å². The third kappa shape index (κ3) is 5.35. The van der Waals surface area contributed by atoms with Crippen LogP contribution in [0.5, 0.6) is 0 Å². The highest BCUT2D eigenvalue weighted by molar-refractivity contribution is 5.72. The molecule has 1 saturated heterocycles. The van der Waals surface area contributed by atoms with Crippen molar-refractivity contribution in [2.24, 2.45) is 5.41 Å². The first-order chi connectivity index (χ1) is 18.7. The van der Waals surface area contributed by atoms with Crippen LogP contribution in [0.2, 0.25) is 0 Å². The molecule has 2 N–H and O–H groups in total. The number of anilines is 1. The quantitative estimate of drug-likeness (QED) is 0.430. The predicted molar refractivity (Wildman–Crippen MR) is 136 cm³/mol. The first-order valence-electron chi connectivity index (χ1n) is 12.8. The van der Waals surface area contributed by atoms with Crippen LogP contribution in [-0.2, 0) is 17.5 Å². The van der Waals surface area contributed by atoms with Crippen LogP contribution in [0.4, 0.5) is 28.2 Å². The summed E-state index contributed by atoms with van der Waals surface area (Å²) in [6.07, 6.45) is 0.282. The highest BCUT2D eigenvalue weighted by atomic mass is 19.4. The van der Waals surface area contributed by atoms with Crippen molar-refractivity contribution in [3.63, 3.8) is 0 Å². The van der Waals surface area contributed by atoms with Gasteiger partial charge in [-0.3, -0.25) is 4.68 Å². The molecule has 3 heterocycles. The van der Waals surface area contributed by atoms with E-state index in [-0.39, 0.29) is 41.0 Å².